The molecule has 0 spiro atoms. The lowest BCUT2D eigenvalue weighted by molar-refractivity contribution is -0.384. The second-order valence-electron chi connectivity index (χ2n) is 5.88. The summed E-state index contributed by atoms with van der Waals surface area (Å²) in [4.78, 5) is 31.4. The number of amides is 1. The standard InChI is InChI=1S/C16H18N4O3S/c1-11(2)14-15(21)17-16(24-14)19-9-7-18(8-10-19)12-3-5-13(6-4-12)20(22)23/h3-6H,7-10H2,1-2H3. The van der Waals surface area contributed by atoms with Crippen LogP contribution in [0.25, 0.3) is 0 Å². The van der Waals surface area contributed by atoms with Gasteiger partial charge in [-0.15, -0.1) is 0 Å². The van der Waals surface area contributed by atoms with Crippen LogP contribution >= 0.6 is 11.8 Å². The van der Waals surface area contributed by atoms with E-state index in [2.05, 4.69) is 14.8 Å². The summed E-state index contributed by atoms with van der Waals surface area (Å²) in [7, 11) is 0. The monoisotopic (exact) mass is 346 g/mol. The number of piperazine rings is 1. The van der Waals surface area contributed by atoms with Crippen molar-refractivity contribution >= 4 is 34.2 Å². The molecule has 0 radical (unpaired) electrons. The van der Waals surface area contributed by atoms with Crippen LogP contribution in [0, 0.1) is 10.1 Å². The fraction of sp³-hybridized carbons (Fsp3) is 0.375. The van der Waals surface area contributed by atoms with Crippen LogP contribution in [0.15, 0.2) is 39.7 Å². The molecule has 2 aliphatic rings. The van der Waals surface area contributed by atoms with E-state index in [-0.39, 0.29) is 11.6 Å². The third-order valence-electron chi connectivity index (χ3n) is 4.01. The Balaban J connectivity index is 1.62. The number of amidine groups is 1. The van der Waals surface area contributed by atoms with Gasteiger partial charge in [-0.1, -0.05) is 5.57 Å². The first-order chi connectivity index (χ1) is 11.5. The number of non-ortho nitro benzene ring substituents is 1. The molecular weight excluding hydrogens is 328 g/mol. The number of hydrogen-bond donors (Lipinski definition) is 0. The maximum absolute atomic E-state index is 11.9. The van der Waals surface area contributed by atoms with Gasteiger partial charge in [0.25, 0.3) is 11.6 Å². The predicted molar refractivity (Wildman–Crippen MR) is 95.3 cm³/mol. The van der Waals surface area contributed by atoms with Gasteiger partial charge < -0.3 is 9.80 Å². The molecule has 0 unspecified atom stereocenters. The molecule has 1 aromatic rings. The number of nitrogens with zero attached hydrogens (tertiary/aromatic N) is 4. The summed E-state index contributed by atoms with van der Waals surface area (Å²) in [6.45, 7) is 6.96. The predicted octanol–water partition coefficient (Wildman–Crippen LogP) is 2.64. The molecule has 2 heterocycles. The lowest BCUT2D eigenvalue weighted by atomic mass is 10.2. The van der Waals surface area contributed by atoms with Crippen LogP contribution in [0.3, 0.4) is 0 Å². The van der Waals surface area contributed by atoms with Crippen LogP contribution in [-0.4, -0.2) is 47.1 Å². The van der Waals surface area contributed by atoms with E-state index in [1.807, 2.05) is 13.8 Å². The third-order valence-corrected chi connectivity index (χ3v) is 5.33. The molecule has 126 valence electrons. The fourth-order valence-electron chi connectivity index (χ4n) is 2.69. The maximum Gasteiger partial charge on any atom is 0.286 e. The van der Waals surface area contributed by atoms with E-state index in [9.17, 15) is 14.9 Å². The molecular formula is C16H18N4O3S. The Bertz CT molecular complexity index is 730. The Morgan fingerprint density at radius 1 is 1.12 bits per heavy atom. The van der Waals surface area contributed by atoms with Crippen molar-refractivity contribution in [3.63, 3.8) is 0 Å². The van der Waals surface area contributed by atoms with Gasteiger partial charge in [-0.05, 0) is 37.7 Å². The number of nitro groups is 1. The largest absolute Gasteiger partial charge is 0.368 e. The number of carbonyl (C=O) groups is 1. The highest BCUT2D eigenvalue weighted by Gasteiger charge is 2.29. The van der Waals surface area contributed by atoms with E-state index in [1.54, 1.807) is 12.1 Å². The first-order valence-corrected chi connectivity index (χ1v) is 8.50. The smallest absolute Gasteiger partial charge is 0.286 e. The summed E-state index contributed by atoms with van der Waals surface area (Å²) in [6.07, 6.45) is 0. The average Bonchev–Trinajstić information content (AvgIpc) is 2.97. The molecule has 0 atom stereocenters. The topological polar surface area (TPSA) is 79.1 Å². The fourth-order valence-corrected chi connectivity index (χ4v) is 3.65. The van der Waals surface area contributed by atoms with E-state index < -0.39 is 4.92 Å². The van der Waals surface area contributed by atoms with Crippen LogP contribution in [0.4, 0.5) is 11.4 Å². The number of allylic oxidation sites excluding steroid dienone is 1. The summed E-state index contributed by atoms with van der Waals surface area (Å²) in [5, 5.41) is 11.5. The Morgan fingerprint density at radius 2 is 1.71 bits per heavy atom. The van der Waals surface area contributed by atoms with Gasteiger partial charge in [-0.3, -0.25) is 14.9 Å². The van der Waals surface area contributed by atoms with Crippen LogP contribution < -0.4 is 4.90 Å². The first kappa shape index (κ1) is 16.5. The minimum atomic E-state index is -0.394. The minimum Gasteiger partial charge on any atom is -0.368 e. The van der Waals surface area contributed by atoms with Gasteiger partial charge in [-0.2, -0.15) is 4.99 Å². The van der Waals surface area contributed by atoms with Crippen molar-refractivity contribution in [2.75, 3.05) is 31.1 Å². The van der Waals surface area contributed by atoms with Crippen molar-refractivity contribution in [2.24, 2.45) is 4.99 Å². The van der Waals surface area contributed by atoms with Crippen LogP contribution in [-0.2, 0) is 4.79 Å². The van der Waals surface area contributed by atoms with Gasteiger partial charge in [0.05, 0.1) is 9.83 Å². The number of benzene rings is 1. The molecule has 0 aliphatic carbocycles. The average molecular weight is 346 g/mol. The molecule has 1 saturated heterocycles. The highest BCUT2D eigenvalue weighted by Crippen LogP contribution is 2.31. The molecule has 1 amide bonds. The SMILES string of the molecule is CC(C)=C1SC(N2CCN(c3ccc([N+](=O)[O-])cc3)CC2)=NC1=O. The zero-order valence-corrected chi connectivity index (χ0v) is 14.4. The van der Waals surface area contributed by atoms with E-state index in [1.165, 1.54) is 23.9 Å². The number of thioether (sulfide) groups is 1. The van der Waals surface area contributed by atoms with Gasteiger partial charge in [-0.25, -0.2) is 0 Å². The second-order valence-corrected chi connectivity index (χ2v) is 6.86. The Hall–Kier alpha value is -2.35. The second kappa shape index (κ2) is 6.64. The van der Waals surface area contributed by atoms with Gasteiger partial charge in [0, 0.05) is 44.0 Å². The van der Waals surface area contributed by atoms with Crippen molar-refractivity contribution in [3.05, 3.63) is 44.9 Å². The maximum atomic E-state index is 11.9. The molecule has 1 fully saturated rings. The molecule has 1 aromatic carbocycles. The van der Waals surface area contributed by atoms with Gasteiger partial charge in [0.2, 0.25) is 0 Å². The van der Waals surface area contributed by atoms with Crippen LogP contribution in [0.2, 0.25) is 0 Å². The molecule has 7 nitrogen and oxygen atoms in total. The van der Waals surface area contributed by atoms with E-state index >= 15 is 0 Å². The van der Waals surface area contributed by atoms with Crippen molar-refractivity contribution in [2.45, 2.75) is 13.8 Å². The molecule has 0 N–H and O–H groups in total. The Kier molecular flexibility index (Phi) is 4.57. The summed E-state index contributed by atoms with van der Waals surface area (Å²) < 4.78 is 0. The highest BCUT2D eigenvalue weighted by molar-refractivity contribution is 8.18. The molecule has 8 heteroatoms. The number of aliphatic imine (C=N–C) groups is 1. The van der Waals surface area contributed by atoms with E-state index in [4.69, 9.17) is 0 Å². The Labute approximate surface area is 144 Å². The summed E-state index contributed by atoms with van der Waals surface area (Å²) >= 11 is 1.45. The normalized spacial score (nSPS) is 18.0. The van der Waals surface area contributed by atoms with E-state index in [0.717, 1.165) is 47.5 Å². The minimum absolute atomic E-state index is 0.0989. The van der Waals surface area contributed by atoms with Crippen LogP contribution in [0.1, 0.15) is 13.8 Å². The third kappa shape index (κ3) is 3.28. The number of hydrogen-bond acceptors (Lipinski definition) is 6. The summed E-state index contributed by atoms with van der Waals surface area (Å²) in [5.74, 6) is -0.146. The van der Waals surface area contributed by atoms with Gasteiger partial charge >= 0.3 is 0 Å². The van der Waals surface area contributed by atoms with Gasteiger partial charge in [0.1, 0.15) is 0 Å². The lowest BCUT2D eigenvalue weighted by Crippen LogP contribution is -2.47. The van der Waals surface area contributed by atoms with E-state index in [0.29, 0.717) is 0 Å². The van der Waals surface area contributed by atoms with Gasteiger partial charge in [0.15, 0.2) is 5.17 Å². The number of anilines is 1. The molecule has 0 bridgehead atoms. The molecule has 24 heavy (non-hydrogen) atoms. The zero-order valence-electron chi connectivity index (χ0n) is 13.6. The number of carbonyl (C=O) groups excluding carboxylic acids is 1. The van der Waals surface area contributed by atoms with Crippen LogP contribution in [0.5, 0.6) is 0 Å². The van der Waals surface area contributed by atoms with Crippen molar-refractivity contribution in [3.8, 4) is 0 Å². The Morgan fingerprint density at radius 3 is 2.21 bits per heavy atom. The molecule has 0 saturated carbocycles. The summed E-state index contributed by atoms with van der Waals surface area (Å²) in [5.41, 5.74) is 2.07. The van der Waals surface area contributed by atoms with Crippen molar-refractivity contribution < 1.29 is 9.72 Å². The highest BCUT2D eigenvalue weighted by atomic mass is 32.2. The zero-order chi connectivity index (χ0) is 17.3. The quantitative estimate of drug-likeness (QED) is 0.465. The van der Waals surface area contributed by atoms with Crippen molar-refractivity contribution in [1.29, 1.82) is 0 Å². The molecule has 2 aliphatic heterocycles. The summed E-state index contributed by atoms with van der Waals surface area (Å²) in [6, 6.07) is 6.61. The first-order valence-electron chi connectivity index (χ1n) is 7.68. The molecule has 3 rings (SSSR count). The van der Waals surface area contributed by atoms with Crippen molar-refractivity contribution in [1.82, 2.24) is 4.90 Å². The lowest BCUT2D eigenvalue weighted by Gasteiger charge is -2.36. The number of rotatable bonds is 2. The number of nitro benzene ring substituents is 1. The molecule has 0 aromatic heterocycles.